The molecule has 150 valence electrons. The molecule has 0 N–H and O–H groups in total. The number of nitrogens with zero attached hydrogens (tertiary/aromatic N) is 2. The maximum Gasteiger partial charge on any atom is 0.337 e. The third-order valence-corrected chi connectivity index (χ3v) is 5.94. The summed E-state index contributed by atoms with van der Waals surface area (Å²) in [4.78, 5) is 41.9. The molecule has 0 radical (unpaired) electrons. The van der Waals surface area contributed by atoms with Gasteiger partial charge < -0.3 is 14.0 Å². The van der Waals surface area contributed by atoms with Gasteiger partial charge in [-0.2, -0.15) is 4.99 Å². The third-order valence-electron chi connectivity index (χ3n) is 4.15. The van der Waals surface area contributed by atoms with Gasteiger partial charge in [0.25, 0.3) is 5.91 Å². The van der Waals surface area contributed by atoms with E-state index in [9.17, 15) is 14.4 Å². The number of benzene rings is 2. The molecule has 0 aliphatic rings. The topological polar surface area (TPSA) is 87.0 Å². The number of methoxy groups -OCH3 is 2. The summed E-state index contributed by atoms with van der Waals surface area (Å²) in [5.41, 5.74) is 1.48. The smallest absolute Gasteiger partial charge is 0.337 e. The van der Waals surface area contributed by atoms with Crippen LogP contribution in [0.15, 0.2) is 52.4 Å². The van der Waals surface area contributed by atoms with Crippen molar-refractivity contribution < 1.29 is 23.9 Å². The molecule has 0 bridgehead atoms. The van der Waals surface area contributed by atoms with Crippen molar-refractivity contribution in [2.24, 2.45) is 4.99 Å². The van der Waals surface area contributed by atoms with Crippen molar-refractivity contribution in [2.75, 3.05) is 20.5 Å². The van der Waals surface area contributed by atoms with Crippen LogP contribution in [0.5, 0.6) is 0 Å². The second kappa shape index (κ2) is 9.06. The zero-order chi connectivity index (χ0) is 21.0. The van der Waals surface area contributed by atoms with Crippen LogP contribution in [0, 0.1) is 0 Å². The Kier molecular flexibility index (Phi) is 6.50. The highest BCUT2D eigenvalue weighted by Crippen LogP contribution is 2.20. The molecule has 0 aliphatic heterocycles. The minimum Gasteiger partial charge on any atom is -0.468 e. The van der Waals surface area contributed by atoms with Gasteiger partial charge in [0.05, 0.1) is 30.0 Å². The predicted molar refractivity (Wildman–Crippen MR) is 111 cm³/mol. The van der Waals surface area contributed by atoms with Crippen molar-refractivity contribution in [3.63, 3.8) is 0 Å². The number of amides is 1. The summed E-state index contributed by atoms with van der Waals surface area (Å²) in [7, 11) is 2.60. The maximum absolute atomic E-state index is 12.6. The number of ether oxygens (including phenoxy) is 2. The number of aromatic nitrogens is 1. The summed E-state index contributed by atoms with van der Waals surface area (Å²) in [5.74, 6) is -1.36. The van der Waals surface area contributed by atoms with Gasteiger partial charge in [-0.1, -0.05) is 11.3 Å². The molecule has 2 aromatic carbocycles. The van der Waals surface area contributed by atoms with E-state index in [-0.39, 0.29) is 6.54 Å². The number of hydrogen-bond acceptors (Lipinski definition) is 7. The van der Waals surface area contributed by atoms with Crippen LogP contribution in [0.2, 0.25) is 0 Å². The fraction of sp³-hybridized carbons (Fsp3) is 0.200. The first-order valence-electron chi connectivity index (χ1n) is 8.48. The fourth-order valence-corrected chi connectivity index (χ4v) is 4.11. The molecule has 1 amide bonds. The largest absolute Gasteiger partial charge is 0.468 e. The molecule has 29 heavy (non-hydrogen) atoms. The number of carbonyl (C=O) groups excluding carboxylic acids is 3. The summed E-state index contributed by atoms with van der Waals surface area (Å²) in [6, 6.07) is 12.1. The first-order valence-corrected chi connectivity index (χ1v) is 10.5. The minimum atomic E-state index is -0.472. The lowest BCUT2D eigenvalue weighted by molar-refractivity contribution is -0.141. The molecule has 7 nitrogen and oxygen atoms in total. The lowest BCUT2D eigenvalue weighted by Gasteiger charge is -2.04. The molecule has 0 spiro atoms. The average molecular weight is 431 g/mol. The van der Waals surface area contributed by atoms with E-state index in [1.165, 1.54) is 25.6 Å². The summed E-state index contributed by atoms with van der Waals surface area (Å²) in [6.45, 7) is -0.106. The Hall–Kier alpha value is -2.91. The van der Waals surface area contributed by atoms with Crippen LogP contribution in [0.3, 0.4) is 0 Å². The molecule has 1 heterocycles. The normalized spacial score (nSPS) is 11.5. The number of thiazole rings is 1. The quantitative estimate of drug-likeness (QED) is 0.457. The van der Waals surface area contributed by atoms with E-state index in [0.29, 0.717) is 26.1 Å². The van der Waals surface area contributed by atoms with Gasteiger partial charge >= 0.3 is 11.9 Å². The summed E-state index contributed by atoms with van der Waals surface area (Å²) < 4.78 is 11.8. The fourth-order valence-electron chi connectivity index (χ4n) is 2.63. The lowest BCUT2D eigenvalue weighted by Crippen LogP contribution is -2.22. The highest BCUT2D eigenvalue weighted by molar-refractivity contribution is 7.98. The Labute approximate surface area is 175 Å². The van der Waals surface area contributed by atoms with Gasteiger partial charge in [0, 0.05) is 10.5 Å². The first-order chi connectivity index (χ1) is 14.0. The van der Waals surface area contributed by atoms with Crippen LogP contribution in [-0.4, -0.2) is 42.9 Å². The Balaban J connectivity index is 2.11. The monoisotopic (exact) mass is 430 g/mol. The standard InChI is InChI=1S/C20H18N2O5S2/c1-26-17(23)11-22-15-9-6-13(19(25)27-2)10-16(15)29-20(22)21-18(24)12-4-7-14(28-3)8-5-12/h4-10H,11H2,1-3H3. The van der Waals surface area contributed by atoms with Crippen molar-refractivity contribution in [3.8, 4) is 0 Å². The maximum atomic E-state index is 12.6. The van der Waals surface area contributed by atoms with E-state index >= 15 is 0 Å². The van der Waals surface area contributed by atoms with Gasteiger partial charge in [-0.25, -0.2) is 4.79 Å². The van der Waals surface area contributed by atoms with Crippen LogP contribution in [0.1, 0.15) is 20.7 Å². The number of fused-ring (bicyclic) bond motifs is 1. The Morgan fingerprint density at radius 2 is 1.72 bits per heavy atom. The predicted octanol–water partition coefficient (Wildman–Crippen LogP) is 3.13. The van der Waals surface area contributed by atoms with E-state index in [0.717, 1.165) is 4.90 Å². The van der Waals surface area contributed by atoms with E-state index in [4.69, 9.17) is 9.47 Å². The van der Waals surface area contributed by atoms with Gasteiger partial charge in [0.1, 0.15) is 6.54 Å². The zero-order valence-electron chi connectivity index (χ0n) is 16.0. The summed E-state index contributed by atoms with van der Waals surface area (Å²) in [6.07, 6.45) is 1.96. The number of thioether (sulfide) groups is 1. The minimum absolute atomic E-state index is 0.106. The molecule has 9 heteroatoms. The van der Waals surface area contributed by atoms with Crippen molar-refractivity contribution in [2.45, 2.75) is 11.4 Å². The second-order valence-electron chi connectivity index (χ2n) is 5.87. The van der Waals surface area contributed by atoms with Crippen molar-refractivity contribution in [1.29, 1.82) is 0 Å². The van der Waals surface area contributed by atoms with Crippen LogP contribution >= 0.6 is 23.1 Å². The van der Waals surface area contributed by atoms with Crippen LogP contribution in [0.25, 0.3) is 10.2 Å². The van der Waals surface area contributed by atoms with Crippen LogP contribution < -0.4 is 4.80 Å². The highest BCUT2D eigenvalue weighted by atomic mass is 32.2. The molecule has 0 saturated heterocycles. The molecule has 3 aromatic rings. The number of rotatable bonds is 5. The number of carbonyl (C=O) groups is 3. The Bertz CT molecular complexity index is 1150. The number of hydrogen-bond donors (Lipinski definition) is 0. The molecule has 1 aromatic heterocycles. The molecule has 3 rings (SSSR count). The first kappa shape index (κ1) is 20.8. The third kappa shape index (κ3) is 4.57. The summed E-state index contributed by atoms with van der Waals surface area (Å²) in [5, 5.41) is 0. The summed E-state index contributed by atoms with van der Waals surface area (Å²) >= 11 is 2.79. The molecule has 0 aliphatic carbocycles. The molecule has 0 atom stereocenters. The Morgan fingerprint density at radius 1 is 1.03 bits per heavy atom. The SMILES string of the molecule is COC(=O)Cn1c(=NC(=O)c2ccc(SC)cc2)sc2cc(C(=O)OC)ccc21. The van der Waals surface area contributed by atoms with Gasteiger partial charge in [0.15, 0.2) is 4.80 Å². The molecule has 0 unspecified atom stereocenters. The lowest BCUT2D eigenvalue weighted by atomic mass is 10.2. The second-order valence-corrected chi connectivity index (χ2v) is 7.76. The van der Waals surface area contributed by atoms with Crippen molar-refractivity contribution in [3.05, 3.63) is 58.4 Å². The number of esters is 2. The molecule has 0 fully saturated rings. The van der Waals surface area contributed by atoms with Crippen LogP contribution in [-0.2, 0) is 20.8 Å². The Morgan fingerprint density at radius 3 is 2.34 bits per heavy atom. The van der Waals surface area contributed by atoms with Gasteiger partial charge in [0.2, 0.25) is 0 Å². The van der Waals surface area contributed by atoms with E-state index < -0.39 is 17.8 Å². The van der Waals surface area contributed by atoms with Gasteiger partial charge in [-0.15, -0.1) is 11.8 Å². The average Bonchev–Trinajstić information content (AvgIpc) is 3.08. The van der Waals surface area contributed by atoms with Crippen LogP contribution in [0.4, 0.5) is 0 Å². The zero-order valence-corrected chi connectivity index (χ0v) is 17.6. The molecular weight excluding hydrogens is 412 g/mol. The van der Waals surface area contributed by atoms with Gasteiger partial charge in [-0.05, 0) is 48.7 Å². The van der Waals surface area contributed by atoms with Crippen molar-refractivity contribution in [1.82, 2.24) is 4.57 Å². The van der Waals surface area contributed by atoms with E-state index in [2.05, 4.69) is 4.99 Å². The van der Waals surface area contributed by atoms with E-state index in [1.807, 2.05) is 18.4 Å². The van der Waals surface area contributed by atoms with E-state index in [1.54, 1.807) is 46.7 Å². The van der Waals surface area contributed by atoms with Crippen molar-refractivity contribution >= 4 is 51.2 Å². The molecule has 0 saturated carbocycles. The molecular formula is C20H18N2O5S2. The highest BCUT2D eigenvalue weighted by Gasteiger charge is 2.15. The van der Waals surface area contributed by atoms with Gasteiger partial charge in [-0.3, -0.25) is 9.59 Å².